The topological polar surface area (TPSA) is 58.6 Å². The molecular weight excluding hydrogens is 280 g/mol. The largest absolute Gasteiger partial charge is 0.481 e. The lowest BCUT2D eigenvalue weighted by Crippen LogP contribution is -2.48. The summed E-state index contributed by atoms with van der Waals surface area (Å²) >= 11 is 0. The van der Waals surface area contributed by atoms with Gasteiger partial charge < -0.3 is 9.64 Å². The first-order valence-corrected chi connectivity index (χ1v) is 8.09. The summed E-state index contributed by atoms with van der Waals surface area (Å²) in [5.74, 6) is 2.69. The fourth-order valence-electron chi connectivity index (χ4n) is 3.32. The Labute approximate surface area is 131 Å². The number of methoxy groups -OCH3 is 1. The molecule has 2 heterocycles. The van der Waals surface area contributed by atoms with Crippen LogP contribution >= 0.6 is 0 Å². The number of piperazine rings is 1. The van der Waals surface area contributed by atoms with Crippen LogP contribution in [0.5, 0.6) is 5.88 Å². The van der Waals surface area contributed by atoms with E-state index in [9.17, 15) is 4.79 Å². The highest BCUT2D eigenvalue weighted by molar-refractivity contribution is 5.79. The summed E-state index contributed by atoms with van der Waals surface area (Å²) in [5, 5.41) is 0. The quantitative estimate of drug-likeness (QED) is 0.837. The van der Waals surface area contributed by atoms with E-state index in [0.717, 1.165) is 64.2 Å². The molecule has 6 nitrogen and oxygen atoms in total. The van der Waals surface area contributed by atoms with Crippen molar-refractivity contribution in [3.8, 4) is 5.88 Å². The standard InChI is InChI=1S/C16H24N4O2/c1-22-16-10-15(17-12-18-16)20-8-6-19(7-9-20)11-13-2-4-14(21)5-3-13/h10,12-13H,2-9,11H2,1H3. The van der Waals surface area contributed by atoms with Gasteiger partial charge in [0.1, 0.15) is 17.9 Å². The van der Waals surface area contributed by atoms with Crippen molar-refractivity contribution in [3.05, 3.63) is 12.4 Å². The van der Waals surface area contributed by atoms with Crippen molar-refractivity contribution >= 4 is 11.6 Å². The van der Waals surface area contributed by atoms with E-state index < -0.39 is 0 Å². The molecule has 0 bridgehead atoms. The molecule has 22 heavy (non-hydrogen) atoms. The number of hydrogen-bond acceptors (Lipinski definition) is 6. The summed E-state index contributed by atoms with van der Waals surface area (Å²) < 4.78 is 5.16. The fraction of sp³-hybridized carbons (Fsp3) is 0.688. The zero-order valence-electron chi connectivity index (χ0n) is 13.2. The summed E-state index contributed by atoms with van der Waals surface area (Å²) in [7, 11) is 1.62. The predicted octanol–water partition coefficient (Wildman–Crippen LogP) is 1.37. The number of ether oxygens (including phenoxy) is 1. The maximum absolute atomic E-state index is 11.3. The third-order valence-electron chi connectivity index (χ3n) is 4.71. The number of hydrogen-bond donors (Lipinski definition) is 0. The van der Waals surface area contributed by atoms with Crippen LogP contribution in [-0.4, -0.2) is 60.5 Å². The van der Waals surface area contributed by atoms with E-state index in [0.29, 0.717) is 17.6 Å². The molecule has 1 saturated carbocycles. The van der Waals surface area contributed by atoms with Gasteiger partial charge in [0.2, 0.25) is 5.88 Å². The molecule has 2 fully saturated rings. The van der Waals surface area contributed by atoms with E-state index in [1.165, 1.54) is 0 Å². The van der Waals surface area contributed by atoms with Gasteiger partial charge in [-0.25, -0.2) is 9.97 Å². The lowest BCUT2D eigenvalue weighted by Gasteiger charge is -2.37. The number of carbonyl (C=O) groups is 1. The average Bonchev–Trinajstić information content (AvgIpc) is 2.58. The molecule has 3 rings (SSSR count). The van der Waals surface area contributed by atoms with Crippen LogP contribution < -0.4 is 9.64 Å². The van der Waals surface area contributed by atoms with Gasteiger partial charge in [-0.15, -0.1) is 0 Å². The number of Topliss-reactive ketones (excluding diaryl/α,β-unsaturated/α-hetero) is 1. The molecule has 0 N–H and O–H groups in total. The van der Waals surface area contributed by atoms with Crippen molar-refractivity contribution in [2.24, 2.45) is 5.92 Å². The predicted molar refractivity (Wildman–Crippen MR) is 84.2 cm³/mol. The Bertz CT molecular complexity index is 505. The van der Waals surface area contributed by atoms with Gasteiger partial charge in [-0.3, -0.25) is 9.69 Å². The average molecular weight is 304 g/mol. The molecule has 0 atom stereocenters. The highest BCUT2D eigenvalue weighted by atomic mass is 16.5. The number of nitrogens with zero attached hydrogens (tertiary/aromatic N) is 4. The van der Waals surface area contributed by atoms with Crippen molar-refractivity contribution in [1.29, 1.82) is 0 Å². The Morgan fingerprint density at radius 3 is 2.59 bits per heavy atom. The first-order chi connectivity index (χ1) is 10.7. The Hall–Kier alpha value is -1.69. The maximum atomic E-state index is 11.3. The molecule has 6 heteroatoms. The van der Waals surface area contributed by atoms with Crippen LogP contribution in [0.25, 0.3) is 0 Å². The number of aromatic nitrogens is 2. The molecule has 0 aromatic carbocycles. The van der Waals surface area contributed by atoms with Crippen LogP contribution in [0.1, 0.15) is 25.7 Å². The highest BCUT2D eigenvalue weighted by Crippen LogP contribution is 2.23. The second kappa shape index (κ2) is 7.05. The van der Waals surface area contributed by atoms with E-state index in [2.05, 4.69) is 19.8 Å². The van der Waals surface area contributed by atoms with Crippen molar-refractivity contribution in [2.45, 2.75) is 25.7 Å². The van der Waals surface area contributed by atoms with Crippen molar-refractivity contribution < 1.29 is 9.53 Å². The Morgan fingerprint density at radius 1 is 1.18 bits per heavy atom. The van der Waals surface area contributed by atoms with Crippen LogP contribution in [0.3, 0.4) is 0 Å². The van der Waals surface area contributed by atoms with E-state index >= 15 is 0 Å². The number of anilines is 1. The number of ketones is 1. The molecule has 1 aliphatic carbocycles. The molecule has 1 aromatic heterocycles. The lowest BCUT2D eigenvalue weighted by molar-refractivity contribution is -0.121. The smallest absolute Gasteiger partial charge is 0.218 e. The SMILES string of the molecule is COc1cc(N2CCN(CC3CCC(=O)CC3)CC2)ncn1. The van der Waals surface area contributed by atoms with Crippen molar-refractivity contribution in [3.63, 3.8) is 0 Å². The van der Waals surface area contributed by atoms with E-state index in [1.807, 2.05) is 6.07 Å². The highest BCUT2D eigenvalue weighted by Gasteiger charge is 2.24. The minimum atomic E-state index is 0.443. The van der Waals surface area contributed by atoms with Crippen molar-refractivity contribution in [1.82, 2.24) is 14.9 Å². The molecule has 0 amide bonds. The van der Waals surface area contributed by atoms with E-state index in [4.69, 9.17) is 4.74 Å². The zero-order chi connectivity index (χ0) is 15.4. The molecule has 120 valence electrons. The van der Waals surface area contributed by atoms with Crippen LogP contribution in [-0.2, 0) is 4.79 Å². The normalized spacial score (nSPS) is 21.1. The summed E-state index contributed by atoms with van der Waals surface area (Å²) in [6.07, 6.45) is 5.26. The van der Waals surface area contributed by atoms with Gasteiger partial charge in [0.15, 0.2) is 0 Å². The first-order valence-electron chi connectivity index (χ1n) is 8.09. The van der Waals surface area contributed by atoms with Crippen LogP contribution in [0, 0.1) is 5.92 Å². The van der Waals surface area contributed by atoms with E-state index in [1.54, 1.807) is 13.4 Å². The molecule has 2 aliphatic rings. The van der Waals surface area contributed by atoms with Gasteiger partial charge >= 0.3 is 0 Å². The molecule has 1 aromatic rings. The molecule has 1 saturated heterocycles. The maximum Gasteiger partial charge on any atom is 0.218 e. The summed E-state index contributed by atoms with van der Waals surface area (Å²) in [6.45, 7) is 5.19. The molecule has 0 unspecified atom stereocenters. The van der Waals surface area contributed by atoms with Gasteiger partial charge in [0.25, 0.3) is 0 Å². The van der Waals surface area contributed by atoms with Gasteiger partial charge in [-0.2, -0.15) is 0 Å². The second-order valence-electron chi connectivity index (χ2n) is 6.19. The molecular formula is C16H24N4O2. The number of carbonyl (C=O) groups excluding carboxylic acids is 1. The van der Waals surface area contributed by atoms with E-state index in [-0.39, 0.29) is 0 Å². The van der Waals surface area contributed by atoms with Gasteiger partial charge in [0, 0.05) is 51.6 Å². The first kappa shape index (κ1) is 15.2. The Morgan fingerprint density at radius 2 is 1.91 bits per heavy atom. The number of rotatable bonds is 4. The summed E-state index contributed by atoms with van der Waals surface area (Å²) in [4.78, 5) is 24.5. The summed E-state index contributed by atoms with van der Waals surface area (Å²) in [5.41, 5.74) is 0. The third kappa shape index (κ3) is 3.74. The Balaban J connectivity index is 1.48. The van der Waals surface area contributed by atoms with Gasteiger partial charge in [-0.1, -0.05) is 0 Å². The van der Waals surface area contributed by atoms with Crippen LogP contribution in [0.4, 0.5) is 5.82 Å². The lowest BCUT2D eigenvalue weighted by atomic mass is 9.88. The third-order valence-corrected chi connectivity index (χ3v) is 4.71. The molecule has 0 spiro atoms. The van der Waals surface area contributed by atoms with Gasteiger partial charge in [0.05, 0.1) is 7.11 Å². The van der Waals surface area contributed by atoms with Crippen molar-refractivity contribution in [2.75, 3.05) is 44.7 Å². The monoisotopic (exact) mass is 304 g/mol. The summed E-state index contributed by atoms with van der Waals surface area (Å²) in [6, 6.07) is 1.89. The molecule has 0 radical (unpaired) electrons. The van der Waals surface area contributed by atoms with Gasteiger partial charge in [-0.05, 0) is 18.8 Å². The second-order valence-corrected chi connectivity index (χ2v) is 6.19. The fourth-order valence-corrected chi connectivity index (χ4v) is 3.32. The minimum Gasteiger partial charge on any atom is -0.481 e. The van der Waals surface area contributed by atoms with Crippen LogP contribution in [0.15, 0.2) is 12.4 Å². The minimum absolute atomic E-state index is 0.443. The zero-order valence-corrected chi connectivity index (χ0v) is 13.2. The molecule has 1 aliphatic heterocycles. The Kier molecular flexibility index (Phi) is 4.87. The van der Waals surface area contributed by atoms with Crippen LogP contribution in [0.2, 0.25) is 0 Å².